The second-order valence-corrected chi connectivity index (χ2v) is 4.98. The summed E-state index contributed by atoms with van der Waals surface area (Å²) in [5.41, 5.74) is 2.25. The maximum Gasteiger partial charge on any atom is 0.269 e. The van der Waals surface area contributed by atoms with E-state index >= 15 is 0 Å². The number of aromatic nitrogens is 1. The highest BCUT2D eigenvalue weighted by molar-refractivity contribution is 5.99. The van der Waals surface area contributed by atoms with Crippen molar-refractivity contribution < 1.29 is 4.79 Å². The number of carbonyl (C=O) groups is 1. The Morgan fingerprint density at radius 2 is 2.16 bits per heavy atom. The molecule has 0 aliphatic heterocycles. The molecule has 2 aromatic rings. The molecular formula is C15H17N3O. The molecule has 2 N–H and O–H groups in total. The average molecular weight is 255 g/mol. The van der Waals surface area contributed by atoms with Crippen molar-refractivity contribution in [2.45, 2.75) is 12.8 Å². The highest BCUT2D eigenvalue weighted by Crippen LogP contribution is 2.28. The fraction of sp³-hybridized carbons (Fsp3) is 0.333. The summed E-state index contributed by atoms with van der Waals surface area (Å²) in [6.07, 6.45) is 2.46. The van der Waals surface area contributed by atoms with E-state index in [2.05, 4.69) is 15.6 Å². The zero-order valence-corrected chi connectivity index (χ0v) is 10.9. The summed E-state index contributed by atoms with van der Waals surface area (Å²) in [5.74, 6) is 0.585. The van der Waals surface area contributed by atoms with Crippen molar-refractivity contribution in [2.24, 2.45) is 5.92 Å². The van der Waals surface area contributed by atoms with E-state index in [0.29, 0.717) is 11.6 Å². The van der Waals surface area contributed by atoms with Gasteiger partial charge in [0.1, 0.15) is 5.69 Å². The van der Waals surface area contributed by atoms with Crippen LogP contribution in [0, 0.1) is 5.92 Å². The van der Waals surface area contributed by atoms with E-state index in [-0.39, 0.29) is 5.91 Å². The van der Waals surface area contributed by atoms with Gasteiger partial charge in [0.05, 0.1) is 5.52 Å². The van der Waals surface area contributed by atoms with Crippen molar-refractivity contribution in [3.8, 4) is 0 Å². The van der Waals surface area contributed by atoms with E-state index in [1.165, 1.54) is 12.8 Å². The Morgan fingerprint density at radius 1 is 1.37 bits per heavy atom. The summed E-state index contributed by atoms with van der Waals surface area (Å²) in [7, 11) is 1.85. The molecule has 0 unspecified atom stereocenters. The van der Waals surface area contributed by atoms with Gasteiger partial charge >= 0.3 is 0 Å². The van der Waals surface area contributed by atoms with Gasteiger partial charge in [-0.25, -0.2) is 4.98 Å². The first-order valence-corrected chi connectivity index (χ1v) is 6.63. The number of hydrogen-bond acceptors (Lipinski definition) is 3. The molecule has 1 saturated carbocycles. The van der Waals surface area contributed by atoms with Gasteiger partial charge in [0.2, 0.25) is 0 Å². The molecule has 1 fully saturated rings. The van der Waals surface area contributed by atoms with Crippen LogP contribution in [0.3, 0.4) is 0 Å². The second kappa shape index (κ2) is 4.88. The molecule has 0 radical (unpaired) electrons. The van der Waals surface area contributed by atoms with Crippen molar-refractivity contribution in [1.82, 2.24) is 10.3 Å². The Morgan fingerprint density at radius 3 is 2.89 bits per heavy atom. The summed E-state index contributed by atoms with van der Waals surface area (Å²) in [4.78, 5) is 16.5. The molecule has 19 heavy (non-hydrogen) atoms. The van der Waals surface area contributed by atoms with E-state index < -0.39 is 0 Å². The van der Waals surface area contributed by atoms with Crippen LogP contribution in [0.25, 0.3) is 10.9 Å². The first-order valence-electron chi connectivity index (χ1n) is 6.63. The zero-order chi connectivity index (χ0) is 13.2. The topological polar surface area (TPSA) is 54.0 Å². The molecule has 1 amide bonds. The van der Waals surface area contributed by atoms with Crippen LogP contribution in [0.15, 0.2) is 30.3 Å². The lowest BCUT2D eigenvalue weighted by Gasteiger charge is -2.09. The van der Waals surface area contributed by atoms with E-state index in [4.69, 9.17) is 0 Å². The van der Waals surface area contributed by atoms with Gasteiger partial charge in [0.25, 0.3) is 5.91 Å². The van der Waals surface area contributed by atoms with Crippen LogP contribution < -0.4 is 10.6 Å². The van der Waals surface area contributed by atoms with E-state index in [9.17, 15) is 4.79 Å². The molecule has 1 aromatic heterocycles. The Bertz CT molecular complexity index is 620. The monoisotopic (exact) mass is 255 g/mol. The number of benzene rings is 1. The Kier molecular flexibility index (Phi) is 3.07. The van der Waals surface area contributed by atoms with Crippen LogP contribution in [0.5, 0.6) is 0 Å². The Balaban J connectivity index is 1.91. The quantitative estimate of drug-likeness (QED) is 0.882. The molecule has 1 aliphatic carbocycles. The molecule has 3 rings (SSSR count). The summed E-state index contributed by atoms with van der Waals surface area (Å²) in [5, 5.41) is 7.10. The number of amides is 1. The average Bonchev–Trinajstić information content (AvgIpc) is 3.27. The van der Waals surface area contributed by atoms with Gasteiger partial charge in [-0.15, -0.1) is 0 Å². The molecule has 4 heteroatoms. The van der Waals surface area contributed by atoms with E-state index in [1.54, 1.807) is 0 Å². The largest absolute Gasteiger partial charge is 0.388 e. The predicted molar refractivity (Wildman–Crippen MR) is 76.3 cm³/mol. The third kappa shape index (κ3) is 2.52. The third-order valence-electron chi connectivity index (χ3n) is 3.47. The number of hydrogen-bond donors (Lipinski definition) is 2. The van der Waals surface area contributed by atoms with Crippen LogP contribution in [-0.4, -0.2) is 24.5 Å². The smallest absolute Gasteiger partial charge is 0.269 e. The fourth-order valence-electron chi connectivity index (χ4n) is 2.15. The van der Waals surface area contributed by atoms with Gasteiger partial charge in [-0.1, -0.05) is 18.2 Å². The summed E-state index contributed by atoms with van der Waals surface area (Å²) in [6.45, 7) is 0.766. The first-order chi connectivity index (χ1) is 9.28. The number of carbonyl (C=O) groups excluding carboxylic acids is 1. The van der Waals surface area contributed by atoms with Crippen molar-refractivity contribution in [3.63, 3.8) is 0 Å². The van der Waals surface area contributed by atoms with Gasteiger partial charge in [0, 0.05) is 24.7 Å². The van der Waals surface area contributed by atoms with Crippen LogP contribution >= 0.6 is 0 Å². The highest BCUT2D eigenvalue weighted by atomic mass is 16.1. The second-order valence-electron chi connectivity index (χ2n) is 4.98. The third-order valence-corrected chi connectivity index (χ3v) is 3.47. The number of anilines is 1. The normalized spacial score (nSPS) is 14.4. The predicted octanol–water partition coefficient (Wildman–Crippen LogP) is 2.42. The fourth-order valence-corrected chi connectivity index (χ4v) is 2.15. The van der Waals surface area contributed by atoms with Gasteiger partial charge in [-0.05, 0) is 30.9 Å². The van der Waals surface area contributed by atoms with Crippen molar-refractivity contribution in [3.05, 3.63) is 36.0 Å². The minimum Gasteiger partial charge on any atom is -0.388 e. The summed E-state index contributed by atoms with van der Waals surface area (Å²) < 4.78 is 0. The number of pyridine rings is 1. The highest BCUT2D eigenvalue weighted by Gasteiger charge is 2.22. The molecule has 1 heterocycles. The molecule has 0 saturated heterocycles. The van der Waals surface area contributed by atoms with Crippen LogP contribution in [0.2, 0.25) is 0 Å². The Hall–Kier alpha value is -2.10. The first kappa shape index (κ1) is 12.0. The van der Waals surface area contributed by atoms with Crippen LogP contribution in [-0.2, 0) is 0 Å². The standard InChI is InChI=1S/C15H17N3O/c1-16-13-8-14(15(19)17-9-10-6-7-10)18-12-5-3-2-4-11(12)13/h2-5,8,10H,6-7,9H2,1H3,(H,16,18)(H,17,19). The lowest BCUT2D eigenvalue weighted by atomic mass is 10.1. The van der Waals surface area contributed by atoms with Gasteiger partial charge < -0.3 is 10.6 Å². The lowest BCUT2D eigenvalue weighted by Crippen LogP contribution is -2.26. The molecular weight excluding hydrogens is 238 g/mol. The molecule has 98 valence electrons. The number of nitrogens with one attached hydrogen (secondary N) is 2. The van der Waals surface area contributed by atoms with Crippen molar-refractivity contribution in [1.29, 1.82) is 0 Å². The molecule has 1 aromatic carbocycles. The van der Waals surface area contributed by atoms with E-state index in [0.717, 1.165) is 23.1 Å². The number of rotatable bonds is 4. The number of nitrogens with zero attached hydrogens (tertiary/aromatic N) is 1. The van der Waals surface area contributed by atoms with Crippen LogP contribution in [0.4, 0.5) is 5.69 Å². The van der Waals surface area contributed by atoms with Gasteiger partial charge in [0.15, 0.2) is 0 Å². The summed E-state index contributed by atoms with van der Waals surface area (Å²) in [6, 6.07) is 9.64. The minimum absolute atomic E-state index is 0.0887. The molecule has 0 atom stereocenters. The Labute approximate surface area is 112 Å². The van der Waals surface area contributed by atoms with Crippen molar-refractivity contribution in [2.75, 3.05) is 18.9 Å². The summed E-state index contributed by atoms with van der Waals surface area (Å²) >= 11 is 0. The van der Waals surface area contributed by atoms with Gasteiger partial charge in [-0.3, -0.25) is 4.79 Å². The number of fused-ring (bicyclic) bond motifs is 1. The molecule has 1 aliphatic rings. The maximum atomic E-state index is 12.1. The minimum atomic E-state index is -0.0887. The molecule has 4 nitrogen and oxygen atoms in total. The van der Waals surface area contributed by atoms with Crippen molar-refractivity contribution >= 4 is 22.5 Å². The lowest BCUT2D eigenvalue weighted by molar-refractivity contribution is 0.0947. The van der Waals surface area contributed by atoms with Crippen LogP contribution in [0.1, 0.15) is 23.3 Å². The molecule has 0 bridgehead atoms. The van der Waals surface area contributed by atoms with E-state index in [1.807, 2.05) is 37.4 Å². The zero-order valence-electron chi connectivity index (χ0n) is 10.9. The van der Waals surface area contributed by atoms with Gasteiger partial charge in [-0.2, -0.15) is 0 Å². The maximum absolute atomic E-state index is 12.1. The SMILES string of the molecule is CNc1cc(C(=O)NCC2CC2)nc2ccccc12. The number of para-hydroxylation sites is 1. The molecule has 0 spiro atoms.